The molecule has 0 aliphatic rings. The lowest BCUT2D eigenvalue weighted by Gasteiger charge is -2.11. The summed E-state index contributed by atoms with van der Waals surface area (Å²) in [7, 11) is 2.13. The van der Waals surface area contributed by atoms with Gasteiger partial charge >= 0.3 is 0 Å². The van der Waals surface area contributed by atoms with Gasteiger partial charge in [0, 0.05) is 66.9 Å². The molecule has 29 aromatic rings. The summed E-state index contributed by atoms with van der Waals surface area (Å²) in [5, 5.41) is 9.36. The van der Waals surface area contributed by atoms with E-state index in [0.717, 1.165) is 200 Å². The summed E-state index contributed by atoms with van der Waals surface area (Å²) in [4.78, 5) is 20.0. The number of aromatic nitrogens is 13. The Morgan fingerprint density at radius 3 is 1.08 bits per heavy atom. The SMILES string of the molecule is Cc1cc(-c2ccc3oc4ccccc4c3c2)cc(-n2c3ccccc3n3c4ccccc4nc23)c1.Cc1cc(-n2c3ccccc3n3c4ccccc4nc23)c2oc3ccccc3c2c1.Cc1cc(-n2c3ccccc3n3c4ccccc4nc23)cc2c1oc1ccccc12.Cn1c2ccccc2c2cc(-n3c4ccccc4n4c5ccccc5nc34)ccc21. The average molecular weight is 1620 g/mol. The number of nitrogens with zero attached hydrogens (tertiary/aromatic N) is 13. The molecule has 0 saturated heterocycles. The summed E-state index contributed by atoms with van der Waals surface area (Å²) in [5.74, 6) is 3.68. The summed E-state index contributed by atoms with van der Waals surface area (Å²) in [6.45, 7) is 6.40. The maximum atomic E-state index is 6.38. The Morgan fingerprint density at radius 1 is 0.214 bits per heavy atom. The molecule has 0 fully saturated rings. The Kier molecular flexibility index (Phi) is 15.3. The molecular weight excluding hydrogens is 1550 g/mol. The molecule has 596 valence electrons. The Balaban J connectivity index is 0.0000000896. The highest BCUT2D eigenvalue weighted by molar-refractivity contribution is 6.12. The zero-order chi connectivity index (χ0) is 83.3. The molecule has 0 radical (unpaired) electrons. The van der Waals surface area contributed by atoms with Gasteiger partial charge in [0.05, 0.1) is 105 Å². The highest BCUT2D eigenvalue weighted by atomic mass is 16.3. The molecule has 0 N–H and O–H groups in total. The van der Waals surface area contributed by atoms with Crippen molar-refractivity contribution in [3.8, 4) is 33.9 Å². The minimum Gasteiger partial charge on any atom is -0.456 e. The third kappa shape index (κ3) is 10.6. The Labute approximate surface area is 716 Å². The Morgan fingerprint density at radius 2 is 0.571 bits per heavy atom. The molecule has 0 aliphatic carbocycles. The first kappa shape index (κ1) is 70.8. The molecule has 0 saturated carbocycles. The summed E-state index contributed by atoms with van der Waals surface area (Å²) in [6, 6.07) is 129. The van der Waals surface area contributed by atoms with Crippen molar-refractivity contribution in [3.63, 3.8) is 0 Å². The van der Waals surface area contributed by atoms with Crippen molar-refractivity contribution in [2.24, 2.45) is 7.05 Å². The van der Waals surface area contributed by atoms with Crippen molar-refractivity contribution in [1.82, 2.24) is 60.4 Å². The highest BCUT2D eigenvalue weighted by Crippen LogP contribution is 2.43. The second-order valence-electron chi connectivity index (χ2n) is 32.9. The fourth-order valence-corrected chi connectivity index (χ4v) is 19.9. The van der Waals surface area contributed by atoms with Crippen LogP contribution in [0.25, 0.3) is 233 Å². The van der Waals surface area contributed by atoms with Crippen molar-refractivity contribution < 1.29 is 13.3 Å². The number of furan rings is 3. The van der Waals surface area contributed by atoms with E-state index in [4.69, 9.17) is 33.2 Å². The predicted octanol–water partition coefficient (Wildman–Crippen LogP) is 27.7. The number of fused-ring (bicyclic) bond motifs is 32. The molecule has 0 unspecified atom stereocenters. The second kappa shape index (κ2) is 27.3. The van der Waals surface area contributed by atoms with Crippen LogP contribution >= 0.6 is 0 Å². The quantitative estimate of drug-likeness (QED) is 0.168. The lowest BCUT2D eigenvalue weighted by atomic mass is 10.00. The highest BCUT2D eigenvalue weighted by Gasteiger charge is 2.26. The summed E-state index contributed by atoms with van der Waals surface area (Å²) >= 11 is 0. The molecule has 16 nitrogen and oxygen atoms in total. The van der Waals surface area contributed by atoms with Crippen LogP contribution in [-0.4, -0.2) is 60.4 Å². The fourth-order valence-electron chi connectivity index (χ4n) is 19.9. The topological polar surface area (TPSA) is 133 Å². The largest absolute Gasteiger partial charge is 0.456 e. The van der Waals surface area contributed by atoms with Gasteiger partial charge in [-0.25, -0.2) is 19.9 Å². The van der Waals surface area contributed by atoms with E-state index >= 15 is 0 Å². The van der Waals surface area contributed by atoms with Crippen molar-refractivity contribution in [3.05, 3.63) is 387 Å². The van der Waals surface area contributed by atoms with Gasteiger partial charge < -0.3 is 17.8 Å². The molecule has 126 heavy (non-hydrogen) atoms. The molecule has 0 aliphatic heterocycles. The van der Waals surface area contributed by atoms with E-state index in [1.54, 1.807) is 0 Å². The van der Waals surface area contributed by atoms with Crippen LogP contribution in [0.2, 0.25) is 0 Å². The first-order chi connectivity index (χ1) is 62.1. The number of para-hydroxylation sites is 20. The first-order valence-corrected chi connectivity index (χ1v) is 42.5. The monoisotopic (exact) mass is 1620 g/mol. The maximum Gasteiger partial charge on any atom is 0.220 e. The van der Waals surface area contributed by atoms with Gasteiger partial charge in [0.1, 0.15) is 27.9 Å². The molecule has 17 aromatic carbocycles. The summed E-state index contributed by atoms with van der Waals surface area (Å²) < 4.78 is 38.9. The molecule has 12 aromatic heterocycles. The lowest BCUT2D eigenvalue weighted by molar-refractivity contribution is 0.665. The van der Waals surface area contributed by atoms with Gasteiger partial charge in [-0.15, -0.1) is 0 Å². The van der Waals surface area contributed by atoms with E-state index < -0.39 is 0 Å². The normalized spacial score (nSPS) is 12.1. The fraction of sp³-hybridized carbons (Fsp3) is 0.0364. The van der Waals surface area contributed by atoms with E-state index in [9.17, 15) is 0 Å². The van der Waals surface area contributed by atoms with Crippen molar-refractivity contribution in [1.29, 1.82) is 0 Å². The van der Waals surface area contributed by atoms with Gasteiger partial charge in [0.15, 0.2) is 5.58 Å². The van der Waals surface area contributed by atoms with Crippen molar-refractivity contribution in [2.75, 3.05) is 0 Å². The molecule has 0 amide bonds. The van der Waals surface area contributed by atoms with E-state index in [1.165, 1.54) is 49.6 Å². The number of imidazole rings is 8. The van der Waals surface area contributed by atoms with E-state index in [2.05, 4.69) is 378 Å². The standard InChI is InChI=1S/C32H21N3O.C26H18N4.2C26H17N3O/c1-20-16-22(21-14-15-31-25(19-21)24-8-2-7-13-30(24)36-31)18-23(17-20)34-28-11-5-6-12-29(28)35-27-10-4-3-9-26(27)33-32(34)35;1-28-21-10-4-2-8-18(21)19-16-17(14-15-22(19)28)29-24-12-6-7-13-25(24)30-23-11-5-3-9-20(23)27-26(29)30;1-16-14-17(15-19-18-8-2-7-13-24(18)30-25(16)19)28-22-11-5-6-12-23(22)29-21-10-4-3-9-20(21)27-26(28)29;1-16-14-18-17-8-2-7-13-24(17)30-25(18)23(15-16)29-22-12-6-5-11-21(22)28-20-10-4-3-9-19(20)27-26(28)29/h2-19H,1H3;2-16H,1H3;2*2-15H,1H3. The van der Waals surface area contributed by atoms with Crippen LogP contribution in [-0.2, 0) is 7.05 Å². The molecule has 0 bridgehead atoms. The van der Waals surface area contributed by atoms with Gasteiger partial charge in [-0.2, -0.15) is 0 Å². The van der Waals surface area contributed by atoms with E-state index in [-0.39, 0.29) is 0 Å². The number of aryl methyl sites for hydroxylation is 4. The summed E-state index contributed by atoms with van der Waals surface area (Å²) in [5.41, 5.74) is 35.8. The lowest BCUT2D eigenvalue weighted by Crippen LogP contribution is -1.96. The Bertz CT molecular complexity index is 9590. The number of hydrogen-bond acceptors (Lipinski definition) is 7. The number of rotatable bonds is 5. The first-order valence-electron chi connectivity index (χ1n) is 42.5. The molecule has 0 atom stereocenters. The van der Waals surface area contributed by atoms with E-state index in [0.29, 0.717) is 0 Å². The molecular formula is C110H73N13O3. The minimum absolute atomic E-state index is 0.886. The third-order valence-corrected chi connectivity index (χ3v) is 25.4. The summed E-state index contributed by atoms with van der Waals surface area (Å²) in [6.07, 6.45) is 0. The van der Waals surface area contributed by atoms with Gasteiger partial charge in [-0.05, 0) is 237 Å². The third-order valence-electron chi connectivity index (χ3n) is 25.4. The predicted molar refractivity (Wildman–Crippen MR) is 514 cm³/mol. The van der Waals surface area contributed by atoms with Crippen LogP contribution in [0.15, 0.2) is 383 Å². The minimum atomic E-state index is 0.886. The zero-order valence-corrected chi connectivity index (χ0v) is 68.8. The van der Waals surface area contributed by atoms with Gasteiger partial charge in [-0.1, -0.05) is 182 Å². The van der Waals surface area contributed by atoms with Crippen molar-refractivity contribution in [2.45, 2.75) is 20.8 Å². The van der Waals surface area contributed by atoms with Crippen LogP contribution in [0.5, 0.6) is 0 Å². The van der Waals surface area contributed by atoms with Gasteiger partial charge in [-0.3, -0.25) is 35.9 Å². The zero-order valence-electron chi connectivity index (χ0n) is 68.8. The second-order valence-corrected chi connectivity index (χ2v) is 32.9. The van der Waals surface area contributed by atoms with Crippen LogP contribution in [0, 0.1) is 20.8 Å². The van der Waals surface area contributed by atoms with Gasteiger partial charge in [0.2, 0.25) is 23.1 Å². The maximum absolute atomic E-state index is 6.38. The van der Waals surface area contributed by atoms with Crippen LogP contribution in [0.1, 0.15) is 16.7 Å². The van der Waals surface area contributed by atoms with Crippen LogP contribution in [0.3, 0.4) is 0 Å². The molecule has 16 heteroatoms. The Hall–Kier alpha value is -17.0. The smallest absolute Gasteiger partial charge is 0.220 e. The van der Waals surface area contributed by atoms with Crippen LogP contribution < -0.4 is 0 Å². The molecule has 0 spiro atoms. The number of hydrogen-bond donors (Lipinski definition) is 0. The van der Waals surface area contributed by atoms with Gasteiger partial charge in [0.25, 0.3) is 0 Å². The average Bonchev–Trinajstić information content (AvgIpc) is 1.57. The van der Waals surface area contributed by atoms with Crippen molar-refractivity contribution >= 4 is 199 Å². The van der Waals surface area contributed by atoms with E-state index in [1.807, 2.05) is 60.7 Å². The number of benzene rings is 17. The molecule has 12 heterocycles. The van der Waals surface area contributed by atoms with Crippen LogP contribution in [0.4, 0.5) is 0 Å². The molecule has 29 rings (SSSR count).